The first-order chi connectivity index (χ1) is 13.0. The second kappa shape index (κ2) is 5.61. The van der Waals surface area contributed by atoms with Crippen LogP contribution in [0.2, 0.25) is 0 Å². The summed E-state index contributed by atoms with van der Waals surface area (Å²) in [5, 5.41) is 3.24. The maximum atomic E-state index is 14.1. The van der Waals surface area contributed by atoms with Crippen molar-refractivity contribution < 1.29 is 17.6 Å². The SMILES string of the molecule is FC(F)(F)c1c(-c2ccc3ccccc3c2)oc2ccc3ccccc3c12. The third kappa shape index (κ3) is 2.48. The molecule has 132 valence electrons. The largest absolute Gasteiger partial charge is 0.455 e. The van der Waals surface area contributed by atoms with E-state index in [0.717, 1.165) is 16.2 Å². The van der Waals surface area contributed by atoms with Crippen molar-refractivity contribution in [1.82, 2.24) is 0 Å². The maximum absolute atomic E-state index is 14.1. The van der Waals surface area contributed by atoms with E-state index in [2.05, 4.69) is 0 Å². The molecule has 0 unspecified atom stereocenters. The molecule has 0 aliphatic carbocycles. The fraction of sp³-hybridized carbons (Fsp3) is 0.0435. The van der Waals surface area contributed by atoms with Gasteiger partial charge in [0, 0.05) is 10.9 Å². The molecule has 0 aliphatic heterocycles. The Bertz CT molecular complexity index is 1310. The third-order valence-electron chi connectivity index (χ3n) is 4.88. The van der Waals surface area contributed by atoms with Gasteiger partial charge in [0.25, 0.3) is 0 Å². The van der Waals surface area contributed by atoms with Gasteiger partial charge in [-0.1, -0.05) is 66.7 Å². The smallest absolute Gasteiger partial charge is 0.420 e. The normalized spacial score (nSPS) is 12.3. The lowest BCUT2D eigenvalue weighted by Gasteiger charge is -2.09. The summed E-state index contributed by atoms with van der Waals surface area (Å²) >= 11 is 0. The number of fused-ring (bicyclic) bond motifs is 4. The van der Waals surface area contributed by atoms with E-state index in [1.165, 1.54) is 0 Å². The van der Waals surface area contributed by atoms with E-state index in [4.69, 9.17) is 4.42 Å². The highest BCUT2D eigenvalue weighted by Crippen LogP contribution is 2.46. The summed E-state index contributed by atoms with van der Waals surface area (Å²) in [4.78, 5) is 0. The number of hydrogen-bond acceptors (Lipinski definition) is 1. The minimum Gasteiger partial charge on any atom is -0.455 e. The summed E-state index contributed by atoms with van der Waals surface area (Å²) in [5.41, 5.74) is -0.0601. The van der Waals surface area contributed by atoms with Crippen molar-refractivity contribution in [2.75, 3.05) is 0 Å². The lowest BCUT2D eigenvalue weighted by molar-refractivity contribution is -0.136. The first-order valence-corrected chi connectivity index (χ1v) is 8.53. The minimum atomic E-state index is -4.53. The van der Waals surface area contributed by atoms with Crippen molar-refractivity contribution in [2.24, 2.45) is 0 Å². The minimum absolute atomic E-state index is 0.115. The average molecular weight is 362 g/mol. The molecule has 0 fully saturated rings. The van der Waals surface area contributed by atoms with Gasteiger partial charge in [-0.05, 0) is 33.7 Å². The molecule has 0 bridgehead atoms. The lowest BCUT2D eigenvalue weighted by atomic mass is 9.99. The highest BCUT2D eigenvalue weighted by atomic mass is 19.4. The molecule has 1 aromatic heterocycles. The molecular formula is C23H13F3O. The van der Waals surface area contributed by atoms with E-state index in [1.807, 2.05) is 36.4 Å². The Morgan fingerprint density at radius 2 is 1.33 bits per heavy atom. The van der Waals surface area contributed by atoms with Gasteiger partial charge in [-0.25, -0.2) is 0 Å². The molecule has 5 rings (SSSR count). The monoisotopic (exact) mass is 362 g/mol. The number of rotatable bonds is 1. The van der Waals surface area contributed by atoms with E-state index in [0.29, 0.717) is 10.9 Å². The Balaban J connectivity index is 1.90. The number of halogens is 3. The molecule has 0 saturated carbocycles. The summed E-state index contributed by atoms with van der Waals surface area (Å²) in [6.45, 7) is 0. The number of hydrogen-bond donors (Lipinski definition) is 0. The Morgan fingerprint density at radius 1 is 0.667 bits per heavy atom. The second-order valence-electron chi connectivity index (χ2n) is 6.53. The summed E-state index contributed by atoms with van der Waals surface area (Å²) in [6, 6.07) is 23.3. The van der Waals surface area contributed by atoms with Gasteiger partial charge in [0.1, 0.15) is 16.9 Å². The fourth-order valence-corrected chi connectivity index (χ4v) is 3.67. The molecule has 0 N–H and O–H groups in total. The van der Waals surface area contributed by atoms with Crippen LogP contribution in [-0.2, 0) is 6.18 Å². The van der Waals surface area contributed by atoms with Gasteiger partial charge in [-0.2, -0.15) is 13.2 Å². The molecular weight excluding hydrogens is 349 g/mol. The van der Waals surface area contributed by atoms with Gasteiger partial charge in [0.05, 0.1) is 0 Å². The third-order valence-corrected chi connectivity index (χ3v) is 4.88. The van der Waals surface area contributed by atoms with Gasteiger partial charge in [0.15, 0.2) is 0 Å². The van der Waals surface area contributed by atoms with Crippen molar-refractivity contribution in [3.63, 3.8) is 0 Å². The quantitative estimate of drug-likeness (QED) is 0.302. The summed E-state index contributed by atoms with van der Waals surface area (Å²) in [5.74, 6) is -0.139. The summed E-state index contributed by atoms with van der Waals surface area (Å²) in [6.07, 6.45) is -4.53. The van der Waals surface area contributed by atoms with Crippen molar-refractivity contribution in [2.45, 2.75) is 6.18 Å². The van der Waals surface area contributed by atoms with Crippen molar-refractivity contribution in [1.29, 1.82) is 0 Å². The molecule has 0 spiro atoms. The Kier molecular flexibility index (Phi) is 3.31. The van der Waals surface area contributed by atoms with Crippen molar-refractivity contribution >= 4 is 32.5 Å². The van der Waals surface area contributed by atoms with Crippen LogP contribution >= 0.6 is 0 Å². The predicted molar refractivity (Wildman–Crippen MR) is 102 cm³/mol. The van der Waals surface area contributed by atoms with Crippen LogP contribution in [0, 0.1) is 0 Å². The van der Waals surface area contributed by atoms with Crippen molar-refractivity contribution in [3.8, 4) is 11.3 Å². The van der Waals surface area contributed by atoms with E-state index < -0.39 is 11.7 Å². The highest BCUT2D eigenvalue weighted by Gasteiger charge is 2.39. The van der Waals surface area contributed by atoms with E-state index in [-0.39, 0.29) is 16.7 Å². The van der Waals surface area contributed by atoms with Crippen LogP contribution in [-0.4, -0.2) is 0 Å². The van der Waals surface area contributed by atoms with Gasteiger partial charge in [0.2, 0.25) is 0 Å². The van der Waals surface area contributed by atoms with Crippen LogP contribution in [0.1, 0.15) is 5.56 Å². The Hall–Kier alpha value is -3.27. The Morgan fingerprint density at radius 3 is 2.11 bits per heavy atom. The van der Waals surface area contributed by atoms with Crippen LogP contribution in [0.15, 0.2) is 83.3 Å². The van der Waals surface area contributed by atoms with Crippen LogP contribution in [0.4, 0.5) is 13.2 Å². The fourth-order valence-electron chi connectivity index (χ4n) is 3.67. The average Bonchev–Trinajstić information content (AvgIpc) is 3.08. The topological polar surface area (TPSA) is 13.1 Å². The van der Waals surface area contributed by atoms with Crippen LogP contribution < -0.4 is 0 Å². The maximum Gasteiger partial charge on any atom is 0.420 e. The Labute approximate surface area is 152 Å². The van der Waals surface area contributed by atoms with Crippen LogP contribution in [0.3, 0.4) is 0 Å². The van der Waals surface area contributed by atoms with Gasteiger partial charge < -0.3 is 4.42 Å². The number of alkyl halides is 3. The molecule has 1 nitrogen and oxygen atoms in total. The summed E-state index contributed by atoms with van der Waals surface area (Å²) < 4.78 is 48.0. The van der Waals surface area contributed by atoms with Gasteiger partial charge >= 0.3 is 6.18 Å². The molecule has 0 saturated heterocycles. The molecule has 27 heavy (non-hydrogen) atoms. The molecule has 0 atom stereocenters. The highest BCUT2D eigenvalue weighted by molar-refractivity contribution is 6.09. The summed E-state index contributed by atoms with van der Waals surface area (Å²) in [7, 11) is 0. The standard InChI is InChI=1S/C23H13F3O/c24-23(25,26)21-20-18-8-4-3-6-15(18)11-12-19(20)27-22(21)17-10-9-14-5-1-2-7-16(14)13-17/h1-13H. The molecule has 0 aliphatic rings. The molecule has 4 aromatic carbocycles. The van der Waals surface area contributed by atoms with Gasteiger partial charge in [-0.3, -0.25) is 0 Å². The van der Waals surface area contributed by atoms with Crippen molar-refractivity contribution in [3.05, 3.63) is 84.4 Å². The molecule has 5 aromatic rings. The van der Waals surface area contributed by atoms with E-state index >= 15 is 0 Å². The zero-order valence-electron chi connectivity index (χ0n) is 14.0. The van der Waals surface area contributed by atoms with E-state index in [1.54, 1.807) is 42.5 Å². The molecule has 1 heterocycles. The number of furan rings is 1. The lowest BCUT2D eigenvalue weighted by Crippen LogP contribution is -2.05. The molecule has 0 amide bonds. The molecule has 4 heteroatoms. The zero-order valence-corrected chi connectivity index (χ0v) is 14.0. The zero-order chi connectivity index (χ0) is 18.6. The second-order valence-corrected chi connectivity index (χ2v) is 6.53. The van der Waals surface area contributed by atoms with Crippen LogP contribution in [0.25, 0.3) is 43.8 Å². The number of benzene rings is 4. The van der Waals surface area contributed by atoms with Gasteiger partial charge in [-0.15, -0.1) is 0 Å². The van der Waals surface area contributed by atoms with E-state index in [9.17, 15) is 13.2 Å². The first kappa shape index (κ1) is 15.9. The van der Waals surface area contributed by atoms with Crippen LogP contribution in [0.5, 0.6) is 0 Å². The first-order valence-electron chi connectivity index (χ1n) is 8.53. The predicted octanol–water partition coefficient (Wildman–Crippen LogP) is 7.43. The molecule has 0 radical (unpaired) electrons.